The number of hydrogen-bond acceptors (Lipinski definition) is 4. The Hall–Kier alpha value is -0.950. The van der Waals surface area contributed by atoms with Gasteiger partial charge in [-0.25, -0.2) is 12.7 Å². The molecule has 0 atom stereocenters. The van der Waals surface area contributed by atoms with Gasteiger partial charge in [0.05, 0.1) is 12.4 Å². The maximum absolute atomic E-state index is 12.4. The van der Waals surface area contributed by atoms with Crippen molar-refractivity contribution in [2.75, 3.05) is 26.8 Å². The fourth-order valence-electron chi connectivity index (χ4n) is 2.63. The molecule has 1 aromatic rings. The normalized spacial score (nSPS) is 18.0. The summed E-state index contributed by atoms with van der Waals surface area (Å²) in [6.07, 6.45) is 1.72. The van der Waals surface area contributed by atoms with E-state index >= 15 is 0 Å². The summed E-state index contributed by atoms with van der Waals surface area (Å²) in [6.45, 7) is 1.83. The van der Waals surface area contributed by atoms with E-state index in [4.69, 9.17) is 9.84 Å². The number of benzene rings is 1. The molecule has 1 saturated heterocycles. The maximum atomic E-state index is 12.4. The average Bonchev–Trinajstić information content (AvgIpc) is 2.48. The van der Waals surface area contributed by atoms with Crippen molar-refractivity contribution in [1.29, 1.82) is 0 Å². The van der Waals surface area contributed by atoms with Gasteiger partial charge in [-0.05, 0) is 29.9 Å². The lowest BCUT2D eigenvalue weighted by atomic mass is 9.99. The van der Waals surface area contributed by atoms with Gasteiger partial charge in [-0.15, -0.1) is 0 Å². The summed E-state index contributed by atoms with van der Waals surface area (Å²) < 4.78 is 31.6. The van der Waals surface area contributed by atoms with Gasteiger partial charge < -0.3 is 9.84 Å². The Morgan fingerprint density at radius 3 is 2.29 bits per heavy atom. The van der Waals surface area contributed by atoms with Crippen molar-refractivity contribution < 1.29 is 18.3 Å². The van der Waals surface area contributed by atoms with Gasteiger partial charge in [0.15, 0.2) is 0 Å². The van der Waals surface area contributed by atoms with Gasteiger partial charge in [-0.2, -0.15) is 0 Å². The summed E-state index contributed by atoms with van der Waals surface area (Å²) in [5.74, 6) is 0.485. The molecule has 2 rings (SSSR count). The van der Waals surface area contributed by atoms with Crippen LogP contribution in [-0.4, -0.2) is 44.6 Å². The third kappa shape index (κ3) is 4.51. The van der Waals surface area contributed by atoms with Crippen molar-refractivity contribution >= 4 is 10.0 Å². The van der Waals surface area contributed by atoms with Crippen molar-refractivity contribution in [1.82, 2.24) is 4.31 Å². The number of hydrogen-bond donors (Lipinski definition) is 1. The fourth-order valence-corrected chi connectivity index (χ4v) is 4.20. The van der Waals surface area contributed by atoms with Crippen LogP contribution >= 0.6 is 0 Å². The highest BCUT2D eigenvalue weighted by Gasteiger charge is 2.27. The summed E-state index contributed by atoms with van der Waals surface area (Å²) in [7, 11) is -1.58. The van der Waals surface area contributed by atoms with E-state index in [9.17, 15) is 8.42 Å². The molecule has 1 aliphatic rings. The lowest BCUT2D eigenvalue weighted by Crippen LogP contribution is -2.39. The molecule has 1 aliphatic heterocycles. The Balaban J connectivity index is 1.95. The van der Waals surface area contributed by atoms with E-state index in [1.165, 1.54) is 0 Å². The molecule has 0 saturated carbocycles. The van der Waals surface area contributed by atoms with Crippen LogP contribution in [0, 0.1) is 5.92 Å². The highest BCUT2D eigenvalue weighted by molar-refractivity contribution is 7.88. The first-order valence-corrected chi connectivity index (χ1v) is 8.81. The molecule has 0 bridgehead atoms. The molecule has 0 aromatic heterocycles. The second-order valence-electron chi connectivity index (χ2n) is 5.53. The lowest BCUT2D eigenvalue weighted by Gasteiger charge is -2.30. The zero-order chi connectivity index (χ0) is 15.3. The van der Waals surface area contributed by atoms with E-state index in [-0.39, 0.29) is 12.4 Å². The summed E-state index contributed by atoms with van der Waals surface area (Å²) in [6, 6.07) is 7.05. The highest BCUT2D eigenvalue weighted by atomic mass is 32.2. The Labute approximate surface area is 126 Å². The fraction of sp³-hybridized carbons (Fsp3) is 0.600. The Morgan fingerprint density at radius 2 is 1.76 bits per heavy atom. The number of rotatable bonds is 6. The SMILES string of the molecule is COCC1CCN(S(=O)(=O)Cc2ccc(CO)cc2)CC1. The van der Waals surface area contributed by atoms with Crippen LogP contribution in [0.4, 0.5) is 0 Å². The van der Waals surface area contributed by atoms with Gasteiger partial charge >= 0.3 is 0 Å². The van der Waals surface area contributed by atoms with E-state index in [1.54, 1.807) is 35.7 Å². The van der Waals surface area contributed by atoms with E-state index in [2.05, 4.69) is 0 Å². The van der Waals surface area contributed by atoms with Gasteiger partial charge in [0.2, 0.25) is 10.0 Å². The molecule has 5 nitrogen and oxygen atoms in total. The van der Waals surface area contributed by atoms with Crippen LogP contribution in [0.25, 0.3) is 0 Å². The third-order valence-corrected chi connectivity index (χ3v) is 5.77. The first-order valence-electron chi connectivity index (χ1n) is 7.20. The molecule has 21 heavy (non-hydrogen) atoms. The first kappa shape index (κ1) is 16.4. The minimum Gasteiger partial charge on any atom is -0.392 e. The molecule has 1 aromatic carbocycles. The van der Waals surface area contributed by atoms with Crippen molar-refractivity contribution in [2.45, 2.75) is 25.2 Å². The predicted octanol–water partition coefficient (Wildman–Crippen LogP) is 1.37. The molecule has 1 N–H and O–H groups in total. The minimum atomic E-state index is -3.26. The summed E-state index contributed by atoms with van der Waals surface area (Å²) in [5, 5.41) is 9.00. The quantitative estimate of drug-likeness (QED) is 0.861. The van der Waals surface area contributed by atoms with Gasteiger partial charge in [-0.3, -0.25) is 0 Å². The number of aliphatic hydroxyl groups is 1. The average molecular weight is 313 g/mol. The maximum Gasteiger partial charge on any atom is 0.218 e. The molecule has 0 unspecified atom stereocenters. The molecule has 6 heteroatoms. The van der Waals surface area contributed by atoms with Crippen LogP contribution in [0.2, 0.25) is 0 Å². The van der Waals surface area contributed by atoms with Crippen LogP contribution in [0.15, 0.2) is 24.3 Å². The van der Waals surface area contributed by atoms with Crippen molar-refractivity contribution in [3.8, 4) is 0 Å². The lowest BCUT2D eigenvalue weighted by molar-refractivity contribution is 0.121. The second kappa shape index (κ2) is 7.35. The van der Waals surface area contributed by atoms with Gasteiger partial charge in [-0.1, -0.05) is 24.3 Å². The molecule has 0 spiro atoms. The van der Waals surface area contributed by atoms with Gasteiger partial charge in [0.25, 0.3) is 0 Å². The van der Waals surface area contributed by atoms with Crippen molar-refractivity contribution in [2.24, 2.45) is 5.92 Å². The predicted molar refractivity (Wildman–Crippen MR) is 81.2 cm³/mol. The topological polar surface area (TPSA) is 66.8 Å². The summed E-state index contributed by atoms with van der Waals surface area (Å²) in [5.41, 5.74) is 1.54. The standard InChI is InChI=1S/C15H23NO4S/c1-20-11-14-6-8-16(9-7-14)21(18,19)12-15-4-2-13(10-17)3-5-15/h2-5,14,17H,6-12H2,1H3. The molecule has 0 radical (unpaired) electrons. The number of ether oxygens (including phenoxy) is 1. The first-order chi connectivity index (χ1) is 10.0. The zero-order valence-electron chi connectivity index (χ0n) is 12.4. The number of nitrogens with zero attached hydrogens (tertiary/aromatic N) is 1. The molecular formula is C15H23NO4S. The number of aliphatic hydroxyl groups excluding tert-OH is 1. The van der Waals surface area contributed by atoms with Crippen molar-refractivity contribution in [3.63, 3.8) is 0 Å². The van der Waals surface area contributed by atoms with Crippen LogP contribution in [0.3, 0.4) is 0 Å². The van der Waals surface area contributed by atoms with Crippen molar-refractivity contribution in [3.05, 3.63) is 35.4 Å². The van der Waals surface area contributed by atoms with E-state index in [1.807, 2.05) is 0 Å². The summed E-state index contributed by atoms with van der Waals surface area (Å²) >= 11 is 0. The second-order valence-corrected chi connectivity index (χ2v) is 7.50. The monoisotopic (exact) mass is 313 g/mol. The number of sulfonamides is 1. The molecular weight excluding hydrogens is 290 g/mol. The van der Waals surface area contributed by atoms with Crippen LogP contribution in [0.5, 0.6) is 0 Å². The van der Waals surface area contributed by atoms with E-state index in [0.29, 0.717) is 25.6 Å². The molecule has 1 fully saturated rings. The largest absolute Gasteiger partial charge is 0.392 e. The smallest absolute Gasteiger partial charge is 0.218 e. The molecule has 0 aliphatic carbocycles. The van der Waals surface area contributed by atoms with Crippen LogP contribution in [0.1, 0.15) is 24.0 Å². The Kier molecular flexibility index (Phi) is 5.75. The zero-order valence-corrected chi connectivity index (χ0v) is 13.2. The van der Waals surface area contributed by atoms with Gasteiger partial charge in [0, 0.05) is 26.8 Å². The Bertz CT molecular complexity index is 533. The number of methoxy groups -OCH3 is 1. The highest BCUT2D eigenvalue weighted by Crippen LogP contribution is 2.21. The molecule has 0 amide bonds. The van der Waals surface area contributed by atoms with Gasteiger partial charge in [0.1, 0.15) is 0 Å². The minimum absolute atomic E-state index is 0.0215. The Morgan fingerprint density at radius 1 is 1.19 bits per heavy atom. The van der Waals surface area contributed by atoms with E-state index < -0.39 is 10.0 Å². The molecule has 118 valence electrons. The van der Waals surface area contributed by atoms with E-state index in [0.717, 1.165) is 24.0 Å². The molecule has 1 heterocycles. The van der Waals surface area contributed by atoms with Crippen LogP contribution < -0.4 is 0 Å². The summed E-state index contributed by atoms with van der Waals surface area (Å²) in [4.78, 5) is 0. The third-order valence-electron chi connectivity index (χ3n) is 3.92. The van der Waals surface area contributed by atoms with Crippen LogP contribution in [-0.2, 0) is 27.1 Å². The number of piperidine rings is 1.